The number of halogens is 1. The monoisotopic (exact) mass is 564 g/mol. The smallest absolute Gasteiger partial charge is 0.0434 e. The van der Waals surface area contributed by atoms with Crippen molar-refractivity contribution < 1.29 is 0 Å². The molecule has 0 aliphatic carbocycles. The highest BCUT2D eigenvalue weighted by Crippen LogP contribution is 2.47. The van der Waals surface area contributed by atoms with Gasteiger partial charge in [-0.2, -0.15) is 0 Å². The van der Waals surface area contributed by atoms with Crippen molar-refractivity contribution in [3.63, 3.8) is 0 Å². The van der Waals surface area contributed by atoms with Gasteiger partial charge in [-0.05, 0) is 77.1 Å². The molecule has 38 heavy (non-hydrogen) atoms. The second-order valence-electron chi connectivity index (χ2n) is 9.80. The lowest BCUT2D eigenvalue weighted by Gasteiger charge is -2.17. The number of hydrogen-bond donors (Lipinski definition) is 0. The van der Waals surface area contributed by atoms with E-state index in [1.54, 1.807) is 0 Å². The number of benzene rings is 7. The Morgan fingerprint density at radius 3 is 1.97 bits per heavy atom. The van der Waals surface area contributed by atoms with E-state index in [4.69, 9.17) is 0 Å². The molecule has 0 saturated carbocycles. The molecule has 0 spiro atoms. The second kappa shape index (κ2) is 8.52. The van der Waals surface area contributed by atoms with Gasteiger partial charge in [0.15, 0.2) is 0 Å². The van der Waals surface area contributed by atoms with Crippen molar-refractivity contribution in [2.24, 2.45) is 0 Å². The van der Waals surface area contributed by atoms with Crippen LogP contribution < -0.4 is 0 Å². The van der Waals surface area contributed by atoms with Crippen molar-refractivity contribution in [1.82, 2.24) is 0 Å². The van der Waals surface area contributed by atoms with Gasteiger partial charge in [0.05, 0.1) is 0 Å². The average molecular weight is 566 g/mol. The maximum absolute atomic E-state index is 3.99. The minimum Gasteiger partial charge on any atom is -0.135 e. The molecule has 8 aromatic rings. The molecule has 1 aromatic heterocycles. The molecule has 0 amide bonds. The fourth-order valence-electron chi connectivity index (χ4n) is 6.00. The molecule has 0 radical (unpaired) electrons. The molecule has 8 rings (SSSR count). The van der Waals surface area contributed by atoms with Crippen LogP contribution in [0.1, 0.15) is 0 Å². The Kier molecular flexibility index (Phi) is 4.95. The van der Waals surface area contributed by atoms with Gasteiger partial charge in [-0.25, -0.2) is 0 Å². The van der Waals surface area contributed by atoms with E-state index in [2.05, 4.69) is 143 Å². The van der Waals surface area contributed by atoms with Crippen LogP contribution in [-0.4, -0.2) is 0 Å². The topological polar surface area (TPSA) is 0 Å². The summed E-state index contributed by atoms with van der Waals surface area (Å²) in [7, 11) is 0. The van der Waals surface area contributed by atoms with Crippen LogP contribution in [0.5, 0.6) is 0 Å². The number of rotatable bonds is 2. The molecule has 0 nitrogen and oxygen atoms in total. The summed E-state index contributed by atoms with van der Waals surface area (Å²) in [5.41, 5.74) is 5.10. The zero-order chi connectivity index (χ0) is 25.2. The average Bonchev–Trinajstić information content (AvgIpc) is 3.36. The van der Waals surface area contributed by atoms with Crippen LogP contribution in [0.25, 0.3) is 74.7 Å². The lowest BCUT2D eigenvalue weighted by atomic mass is 9.89. The van der Waals surface area contributed by atoms with Crippen molar-refractivity contribution in [3.8, 4) is 22.3 Å². The van der Waals surface area contributed by atoms with Crippen LogP contribution in [-0.2, 0) is 0 Å². The molecular weight excluding hydrogens is 544 g/mol. The Morgan fingerprint density at radius 1 is 0.447 bits per heavy atom. The Hall–Kier alpha value is -3.98. The van der Waals surface area contributed by atoms with Gasteiger partial charge >= 0.3 is 0 Å². The van der Waals surface area contributed by atoms with E-state index in [1.165, 1.54) is 74.7 Å². The third-order valence-electron chi connectivity index (χ3n) is 7.73. The van der Waals surface area contributed by atoms with Gasteiger partial charge in [0.2, 0.25) is 0 Å². The molecule has 178 valence electrons. The van der Waals surface area contributed by atoms with Crippen LogP contribution in [0.15, 0.2) is 132 Å². The Labute approximate surface area is 232 Å². The maximum atomic E-state index is 3.99. The molecule has 0 saturated heterocycles. The first-order valence-electron chi connectivity index (χ1n) is 12.8. The number of thiophene rings is 1. The lowest BCUT2D eigenvalue weighted by Crippen LogP contribution is -1.89. The minimum atomic E-state index is 1.15. The van der Waals surface area contributed by atoms with Crippen molar-refractivity contribution in [1.29, 1.82) is 0 Å². The summed E-state index contributed by atoms with van der Waals surface area (Å²) < 4.78 is 3.83. The standard InChI is InChI=1S/C36H21BrS/c37-35-28-14-4-3-13-27(28)34(31-17-8-16-30-26-12-5-6-18-33(26)38-36(30)31)32-21-23(19-20-29(32)35)25-15-7-10-22-9-1-2-11-24(22)25/h1-21H. The summed E-state index contributed by atoms with van der Waals surface area (Å²) in [5, 5.41) is 10.2. The van der Waals surface area contributed by atoms with Crippen molar-refractivity contribution in [2.45, 2.75) is 0 Å². The van der Waals surface area contributed by atoms with Gasteiger partial charge in [-0.15, -0.1) is 11.3 Å². The van der Waals surface area contributed by atoms with Crippen molar-refractivity contribution in [2.75, 3.05) is 0 Å². The van der Waals surface area contributed by atoms with Crippen LogP contribution in [0.2, 0.25) is 0 Å². The molecule has 1 heterocycles. The van der Waals surface area contributed by atoms with Crippen molar-refractivity contribution in [3.05, 3.63) is 132 Å². The van der Waals surface area contributed by atoms with Crippen LogP contribution in [0.3, 0.4) is 0 Å². The fraction of sp³-hybridized carbons (Fsp3) is 0. The summed E-state index contributed by atoms with van der Waals surface area (Å²) in [6, 6.07) is 46.5. The lowest BCUT2D eigenvalue weighted by molar-refractivity contribution is 1.67. The summed E-state index contributed by atoms with van der Waals surface area (Å²) >= 11 is 5.89. The van der Waals surface area contributed by atoms with Gasteiger partial charge in [0.1, 0.15) is 0 Å². The molecule has 0 aliphatic rings. The van der Waals surface area contributed by atoms with Gasteiger partial charge in [0.25, 0.3) is 0 Å². The minimum absolute atomic E-state index is 1.15. The number of fused-ring (bicyclic) bond motifs is 6. The van der Waals surface area contributed by atoms with E-state index in [1.807, 2.05) is 11.3 Å². The molecule has 0 N–H and O–H groups in total. The van der Waals surface area contributed by atoms with Gasteiger partial charge in [-0.3, -0.25) is 0 Å². The summed E-state index contributed by atoms with van der Waals surface area (Å²) in [6.07, 6.45) is 0. The number of hydrogen-bond acceptors (Lipinski definition) is 1. The zero-order valence-electron chi connectivity index (χ0n) is 20.4. The second-order valence-corrected chi connectivity index (χ2v) is 11.6. The highest BCUT2D eigenvalue weighted by Gasteiger charge is 2.18. The summed E-state index contributed by atoms with van der Waals surface area (Å²) in [6.45, 7) is 0. The van der Waals surface area contributed by atoms with E-state index in [-0.39, 0.29) is 0 Å². The third-order valence-corrected chi connectivity index (χ3v) is 9.81. The summed E-state index contributed by atoms with van der Waals surface area (Å²) in [4.78, 5) is 0. The first kappa shape index (κ1) is 22.0. The predicted molar refractivity (Wildman–Crippen MR) is 170 cm³/mol. The quantitative estimate of drug-likeness (QED) is 0.183. The largest absolute Gasteiger partial charge is 0.135 e. The Balaban J connectivity index is 1.53. The van der Waals surface area contributed by atoms with Gasteiger partial charge in [-0.1, -0.05) is 115 Å². The molecule has 0 atom stereocenters. The highest BCUT2D eigenvalue weighted by molar-refractivity contribution is 9.10. The van der Waals surface area contributed by atoms with E-state index in [0.717, 1.165) is 4.47 Å². The molecule has 0 unspecified atom stereocenters. The van der Waals surface area contributed by atoms with Crippen LogP contribution in [0, 0.1) is 0 Å². The SMILES string of the molecule is Brc1c2ccccc2c(-c2cccc3c2sc2ccccc23)c2cc(-c3cccc4ccccc34)ccc12. The normalized spacial score (nSPS) is 11.8. The maximum Gasteiger partial charge on any atom is 0.0434 e. The highest BCUT2D eigenvalue weighted by atomic mass is 79.9. The zero-order valence-corrected chi connectivity index (χ0v) is 22.8. The van der Waals surface area contributed by atoms with Gasteiger partial charge in [0, 0.05) is 30.2 Å². The van der Waals surface area contributed by atoms with E-state index >= 15 is 0 Å². The van der Waals surface area contributed by atoms with Crippen LogP contribution >= 0.6 is 27.3 Å². The molecule has 0 bridgehead atoms. The molecule has 2 heteroatoms. The van der Waals surface area contributed by atoms with E-state index < -0.39 is 0 Å². The molecule has 0 aliphatic heterocycles. The molecular formula is C36H21BrS. The summed E-state index contributed by atoms with van der Waals surface area (Å²) in [5.74, 6) is 0. The fourth-order valence-corrected chi connectivity index (χ4v) is 7.92. The Bertz CT molecular complexity index is 2200. The first-order valence-corrected chi connectivity index (χ1v) is 14.4. The third kappa shape index (κ3) is 3.21. The molecule has 7 aromatic carbocycles. The van der Waals surface area contributed by atoms with E-state index in [9.17, 15) is 0 Å². The van der Waals surface area contributed by atoms with Crippen LogP contribution in [0.4, 0.5) is 0 Å². The van der Waals surface area contributed by atoms with E-state index in [0.29, 0.717) is 0 Å². The van der Waals surface area contributed by atoms with Crippen molar-refractivity contribution >= 4 is 79.8 Å². The predicted octanol–water partition coefficient (Wildman–Crippen LogP) is 11.6. The first-order chi connectivity index (χ1) is 18.8. The van der Waals surface area contributed by atoms with Gasteiger partial charge < -0.3 is 0 Å². The molecule has 0 fully saturated rings. The Morgan fingerprint density at radius 2 is 1.08 bits per heavy atom.